The second kappa shape index (κ2) is 10.0. The van der Waals surface area contributed by atoms with Gasteiger partial charge in [-0.05, 0) is 44.9 Å². The molecule has 0 spiro atoms. The summed E-state index contributed by atoms with van der Waals surface area (Å²) in [6.07, 6.45) is 8.25. The number of benzene rings is 1. The van der Waals surface area contributed by atoms with E-state index in [2.05, 4.69) is 48.7 Å². The van der Waals surface area contributed by atoms with E-state index in [-0.39, 0.29) is 0 Å². The van der Waals surface area contributed by atoms with E-state index in [1.54, 1.807) is 18.9 Å². The Kier molecular flexibility index (Phi) is 6.71. The summed E-state index contributed by atoms with van der Waals surface area (Å²) in [7, 11) is 1.68. The van der Waals surface area contributed by atoms with Gasteiger partial charge < -0.3 is 14.6 Å². The molecule has 5 rings (SSSR count). The molecule has 3 aromatic heterocycles. The molecular formula is C25H31N7OS. The molecule has 1 N–H and O–H groups in total. The standard InChI is InChI=1S/C25H31N7OS/c1-17-12-18(2)31-15-20(28-24(31)27-17)16-34-25-30-29-23(32(25)21-9-5-4-6-10-21)14-26-19-8-7-11-22(13-19)33-3/h7-8,11-13,15,21,26H,4-6,9-10,14,16H2,1-3H3. The number of imidazole rings is 1. The highest BCUT2D eigenvalue weighted by Crippen LogP contribution is 2.34. The van der Waals surface area contributed by atoms with E-state index in [1.165, 1.54) is 32.1 Å². The van der Waals surface area contributed by atoms with Gasteiger partial charge in [-0.25, -0.2) is 9.97 Å². The Morgan fingerprint density at radius 1 is 1.09 bits per heavy atom. The average Bonchev–Trinajstić information content (AvgIpc) is 3.46. The van der Waals surface area contributed by atoms with Crippen LogP contribution in [0.25, 0.3) is 5.78 Å². The molecule has 3 heterocycles. The fourth-order valence-corrected chi connectivity index (χ4v) is 5.58. The molecule has 8 nitrogen and oxygen atoms in total. The quantitative estimate of drug-likeness (QED) is 0.342. The molecule has 9 heteroatoms. The first-order chi connectivity index (χ1) is 16.6. The molecule has 1 aromatic carbocycles. The second-order valence-electron chi connectivity index (χ2n) is 8.88. The fraction of sp³-hybridized carbons (Fsp3) is 0.440. The summed E-state index contributed by atoms with van der Waals surface area (Å²) in [5.74, 6) is 3.29. The lowest BCUT2D eigenvalue weighted by Crippen LogP contribution is -2.18. The lowest BCUT2D eigenvalue weighted by Gasteiger charge is -2.25. The van der Waals surface area contributed by atoms with Gasteiger partial charge in [0.2, 0.25) is 5.78 Å². The van der Waals surface area contributed by atoms with Crippen LogP contribution < -0.4 is 10.1 Å². The summed E-state index contributed by atoms with van der Waals surface area (Å²) >= 11 is 1.71. The smallest absolute Gasteiger partial charge is 0.234 e. The molecule has 178 valence electrons. The van der Waals surface area contributed by atoms with Crippen LogP contribution >= 0.6 is 11.8 Å². The molecule has 1 fully saturated rings. The molecular weight excluding hydrogens is 446 g/mol. The maximum Gasteiger partial charge on any atom is 0.234 e. The summed E-state index contributed by atoms with van der Waals surface area (Å²) < 4.78 is 9.77. The van der Waals surface area contributed by atoms with E-state index in [9.17, 15) is 0 Å². The van der Waals surface area contributed by atoms with Gasteiger partial charge in [-0.2, -0.15) is 0 Å². The maximum atomic E-state index is 5.35. The molecule has 1 aliphatic carbocycles. The number of hydrogen-bond donors (Lipinski definition) is 1. The van der Waals surface area contributed by atoms with Gasteiger partial charge in [0.1, 0.15) is 5.75 Å². The molecule has 1 saturated carbocycles. The Bertz CT molecular complexity index is 1280. The summed E-state index contributed by atoms with van der Waals surface area (Å²) in [6, 6.07) is 10.5. The highest BCUT2D eigenvalue weighted by Gasteiger charge is 2.23. The minimum Gasteiger partial charge on any atom is -0.497 e. The summed E-state index contributed by atoms with van der Waals surface area (Å²) in [5.41, 5.74) is 4.14. The molecule has 0 bridgehead atoms. The number of thioether (sulfide) groups is 1. The van der Waals surface area contributed by atoms with Crippen LogP contribution in [-0.4, -0.2) is 36.2 Å². The number of fused-ring (bicyclic) bond motifs is 1. The topological polar surface area (TPSA) is 82.2 Å². The van der Waals surface area contributed by atoms with Crippen LogP contribution in [0.5, 0.6) is 5.75 Å². The lowest BCUT2D eigenvalue weighted by atomic mass is 9.95. The summed E-state index contributed by atoms with van der Waals surface area (Å²) in [4.78, 5) is 9.31. The first kappa shape index (κ1) is 22.7. The first-order valence-electron chi connectivity index (χ1n) is 11.9. The highest BCUT2D eigenvalue weighted by molar-refractivity contribution is 7.98. The minimum atomic E-state index is 0.445. The number of aromatic nitrogens is 6. The number of aryl methyl sites for hydroxylation is 2. The zero-order chi connectivity index (χ0) is 23.5. The van der Waals surface area contributed by atoms with Gasteiger partial charge in [0.05, 0.1) is 19.3 Å². The van der Waals surface area contributed by atoms with Gasteiger partial charge in [0.25, 0.3) is 0 Å². The van der Waals surface area contributed by atoms with Gasteiger partial charge in [-0.1, -0.05) is 37.1 Å². The molecule has 0 unspecified atom stereocenters. The molecule has 1 aliphatic rings. The van der Waals surface area contributed by atoms with Crippen molar-refractivity contribution in [3.05, 3.63) is 59.4 Å². The van der Waals surface area contributed by atoms with Gasteiger partial charge in [0.15, 0.2) is 11.0 Å². The Balaban J connectivity index is 1.36. The van der Waals surface area contributed by atoms with Crippen molar-refractivity contribution in [3.63, 3.8) is 0 Å². The van der Waals surface area contributed by atoms with Gasteiger partial charge in [-0.3, -0.25) is 4.40 Å². The predicted octanol–water partition coefficient (Wildman–Crippen LogP) is 5.36. The van der Waals surface area contributed by atoms with Crippen LogP contribution in [-0.2, 0) is 12.3 Å². The van der Waals surface area contributed by atoms with E-state index in [4.69, 9.17) is 9.72 Å². The Labute approximate surface area is 204 Å². The Hall–Kier alpha value is -3.07. The number of methoxy groups -OCH3 is 1. The van der Waals surface area contributed by atoms with E-state index >= 15 is 0 Å². The summed E-state index contributed by atoms with van der Waals surface area (Å²) in [5, 5.41) is 13.6. The number of rotatable bonds is 8. The molecule has 0 atom stereocenters. The molecule has 4 aromatic rings. The number of nitrogens with one attached hydrogen (secondary N) is 1. The Morgan fingerprint density at radius 2 is 1.94 bits per heavy atom. The molecule has 0 radical (unpaired) electrons. The lowest BCUT2D eigenvalue weighted by molar-refractivity contribution is 0.330. The van der Waals surface area contributed by atoms with Crippen LogP contribution in [0, 0.1) is 13.8 Å². The SMILES string of the molecule is COc1cccc(NCc2nnc(SCc3cn4c(C)cc(C)nc4n3)n2C2CCCCC2)c1. The van der Waals surface area contributed by atoms with Crippen molar-refractivity contribution < 1.29 is 4.74 Å². The van der Waals surface area contributed by atoms with Gasteiger partial charge in [0, 0.05) is 41.1 Å². The van der Waals surface area contributed by atoms with Crippen molar-refractivity contribution in [1.82, 2.24) is 29.1 Å². The van der Waals surface area contributed by atoms with Crippen LogP contribution in [0.2, 0.25) is 0 Å². The number of anilines is 1. The summed E-state index contributed by atoms with van der Waals surface area (Å²) in [6.45, 7) is 4.71. The third-order valence-electron chi connectivity index (χ3n) is 6.36. The van der Waals surface area contributed by atoms with Crippen molar-refractivity contribution in [3.8, 4) is 5.75 Å². The van der Waals surface area contributed by atoms with Crippen LogP contribution in [0.3, 0.4) is 0 Å². The van der Waals surface area contributed by atoms with Crippen LogP contribution in [0.4, 0.5) is 5.69 Å². The Morgan fingerprint density at radius 3 is 2.76 bits per heavy atom. The zero-order valence-electron chi connectivity index (χ0n) is 20.0. The number of ether oxygens (including phenoxy) is 1. The van der Waals surface area contributed by atoms with Gasteiger partial charge in [-0.15, -0.1) is 10.2 Å². The normalized spacial score (nSPS) is 14.6. The van der Waals surface area contributed by atoms with E-state index in [0.717, 1.165) is 51.0 Å². The van der Waals surface area contributed by atoms with E-state index < -0.39 is 0 Å². The highest BCUT2D eigenvalue weighted by atomic mass is 32.2. The number of nitrogens with zero attached hydrogens (tertiary/aromatic N) is 6. The van der Waals surface area contributed by atoms with Crippen LogP contribution in [0.1, 0.15) is 61.1 Å². The molecule has 34 heavy (non-hydrogen) atoms. The van der Waals surface area contributed by atoms with Crippen LogP contribution in [0.15, 0.2) is 41.7 Å². The molecule has 0 aliphatic heterocycles. The van der Waals surface area contributed by atoms with Gasteiger partial charge >= 0.3 is 0 Å². The third kappa shape index (κ3) is 4.89. The average molecular weight is 478 g/mol. The van der Waals surface area contributed by atoms with Crippen molar-refractivity contribution in [2.45, 2.75) is 69.4 Å². The molecule has 0 amide bonds. The zero-order valence-corrected chi connectivity index (χ0v) is 20.8. The monoisotopic (exact) mass is 477 g/mol. The largest absolute Gasteiger partial charge is 0.497 e. The minimum absolute atomic E-state index is 0.445. The van der Waals surface area contributed by atoms with Crippen molar-refractivity contribution in [2.75, 3.05) is 12.4 Å². The maximum absolute atomic E-state index is 5.35. The predicted molar refractivity (Wildman–Crippen MR) is 134 cm³/mol. The van der Waals surface area contributed by atoms with E-state index in [1.807, 2.05) is 31.2 Å². The second-order valence-corrected chi connectivity index (χ2v) is 9.82. The van der Waals surface area contributed by atoms with Crippen molar-refractivity contribution in [1.29, 1.82) is 0 Å². The van der Waals surface area contributed by atoms with Crippen molar-refractivity contribution >= 4 is 23.2 Å². The number of hydrogen-bond acceptors (Lipinski definition) is 7. The molecule has 0 saturated heterocycles. The first-order valence-corrected chi connectivity index (χ1v) is 12.9. The fourth-order valence-electron chi connectivity index (χ4n) is 4.67. The third-order valence-corrected chi connectivity index (χ3v) is 7.33. The van der Waals surface area contributed by atoms with Crippen molar-refractivity contribution in [2.24, 2.45) is 0 Å². The van der Waals surface area contributed by atoms with E-state index in [0.29, 0.717) is 12.6 Å².